The van der Waals surface area contributed by atoms with Gasteiger partial charge in [-0.2, -0.15) is 0 Å². The number of carbonyl (C=O) groups excluding carboxylic acids is 2. The molecule has 0 heterocycles. The van der Waals surface area contributed by atoms with Gasteiger partial charge in [-0.1, -0.05) is 6.07 Å². The van der Waals surface area contributed by atoms with Crippen LogP contribution in [0, 0.1) is 17.6 Å². The van der Waals surface area contributed by atoms with Crippen LogP contribution in [-0.2, 0) is 20.7 Å². The van der Waals surface area contributed by atoms with Crippen molar-refractivity contribution >= 4 is 80.0 Å². The van der Waals surface area contributed by atoms with Gasteiger partial charge in [0.25, 0.3) is 0 Å². The van der Waals surface area contributed by atoms with Crippen molar-refractivity contribution in [3.63, 3.8) is 0 Å². The number of phenolic OH excluding ortho intramolecular Hbond substituents is 1. The number of nitrogens with two attached hydrogens (primary N) is 1. The van der Waals surface area contributed by atoms with E-state index in [1.54, 1.807) is 12.1 Å². The third kappa shape index (κ3) is 6.15. The summed E-state index contributed by atoms with van der Waals surface area (Å²) < 4.78 is 13.1. The summed E-state index contributed by atoms with van der Waals surface area (Å²) in [7, 11) is 0. The van der Waals surface area contributed by atoms with E-state index in [4.69, 9.17) is 15.2 Å². The van der Waals surface area contributed by atoms with Gasteiger partial charge >= 0.3 is 5.97 Å². The predicted octanol–water partition coefficient (Wildman–Crippen LogP) is 3.92. The van der Waals surface area contributed by atoms with Crippen LogP contribution in [-0.4, -0.2) is 30.0 Å². The Balaban J connectivity index is 2.19. The summed E-state index contributed by atoms with van der Waals surface area (Å²) in [4.78, 5) is 22.0. The van der Waals surface area contributed by atoms with Crippen LogP contribution in [0.4, 0.5) is 0 Å². The molecule has 0 amide bonds. The lowest BCUT2D eigenvalue weighted by atomic mass is 10.0. The number of phenols is 1. The van der Waals surface area contributed by atoms with E-state index >= 15 is 0 Å². The number of ether oxygens (including phenoxy) is 2. The molecule has 1 atom stereocenters. The standard InChI is InChI=1S/C18H16I3NO5/c1-9-4-10(6-15(22)18(25)26-3-2-23)5-14(21)17(9)27-11-7-12(19)16(24)13(20)8-11/h2,4-5,7-8,15,24H,3,6,22H2,1H3/t15-/m0/s1. The van der Waals surface area contributed by atoms with Gasteiger partial charge in [-0.15, -0.1) is 0 Å². The van der Waals surface area contributed by atoms with Crippen LogP contribution in [0.2, 0.25) is 0 Å². The Kier molecular flexibility index (Phi) is 8.55. The van der Waals surface area contributed by atoms with Crippen LogP contribution >= 0.6 is 67.8 Å². The van der Waals surface area contributed by atoms with Crippen molar-refractivity contribution in [2.75, 3.05) is 6.61 Å². The summed E-state index contributed by atoms with van der Waals surface area (Å²) in [5.74, 6) is 0.961. The number of carbonyl (C=O) groups is 2. The lowest BCUT2D eigenvalue weighted by Crippen LogP contribution is -2.34. The minimum Gasteiger partial charge on any atom is -0.506 e. The van der Waals surface area contributed by atoms with Crippen LogP contribution in [0.25, 0.3) is 0 Å². The Morgan fingerprint density at radius 3 is 2.37 bits per heavy atom. The van der Waals surface area contributed by atoms with Crippen LogP contribution in [0.5, 0.6) is 17.2 Å². The molecule has 2 aromatic rings. The zero-order valence-electron chi connectivity index (χ0n) is 14.2. The molecule has 0 fully saturated rings. The molecule has 0 aliphatic heterocycles. The first kappa shape index (κ1) is 22.6. The molecule has 0 radical (unpaired) electrons. The van der Waals surface area contributed by atoms with Crippen molar-refractivity contribution in [3.8, 4) is 17.2 Å². The molecule has 0 bridgehead atoms. The number of hydrogen-bond acceptors (Lipinski definition) is 6. The van der Waals surface area contributed by atoms with Gasteiger partial charge in [0.1, 0.15) is 29.9 Å². The zero-order valence-corrected chi connectivity index (χ0v) is 20.6. The van der Waals surface area contributed by atoms with E-state index in [1.807, 2.05) is 19.1 Å². The molecule has 0 saturated heterocycles. The first-order chi connectivity index (χ1) is 12.7. The second kappa shape index (κ2) is 10.2. The van der Waals surface area contributed by atoms with Crippen molar-refractivity contribution in [2.24, 2.45) is 5.73 Å². The Morgan fingerprint density at radius 2 is 1.81 bits per heavy atom. The maximum Gasteiger partial charge on any atom is 0.323 e. The first-order valence-corrected chi connectivity index (χ1v) is 11.0. The molecule has 2 aromatic carbocycles. The van der Waals surface area contributed by atoms with E-state index in [1.165, 1.54) is 0 Å². The van der Waals surface area contributed by atoms with Crippen LogP contribution < -0.4 is 10.5 Å². The van der Waals surface area contributed by atoms with Gasteiger partial charge in [-0.3, -0.25) is 9.59 Å². The fraction of sp³-hybridized carbons (Fsp3) is 0.222. The van der Waals surface area contributed by atoms with E-state index in [0.29, 0.717) is 31.3 Å². The molecule has 144 valence electrons. The fourth-order valence-electron chi connectivity index (χ4n) is 2.33. The SMILES string of the molecule is Cc1cc(C[C@H](N)C(=O)OCC=O)cc(I)c1Oc1cc(I)c(O)c(I)c1. The molecule has 0 spiro atoms. The number of esters is 1. The van der Waals surface area contributed by atoms with E-state index in [9.17, 15) is 14.7 Å². The van der Waals surface area contributed by atoms with Crippen LogP contribution in [0.15, 0.2) is 24.3 Å². The Hall–Kier alpha value is -0.670. The summed E-state index contributed by atoms with van der Waals surface area (Å²) in [6.45, 7) is 1.62. The Morgan fingerprint density at radius 1 is 1.19 bits per heavy atom. The Labute approximate surface area is 197 Å². The summed E-state index contributed by atoms with van der Waals surface area (Å²) in [6, 6.07) is 6.49. The molecular weight excluding hydrogens is 691 g/mol. The topological polar surface area (TPSA) is 98.9 Å². The third-order valence-electron chi connectivity index (χ3n) is 3.55. The number of aryl methyl sites for hydroxylation is 1. The maximum absolute atomic E-state index is 11.7. The van der Waals surface area contributed by atoms with E-state index in [2.05, 4.69) is 67.8 Å². The molecule has 27 heavy (non-hydrogen) atoms. The van der Waals surface area contributed by atoms with Gasteiger partial charge in [0, 0.05) is 0 Å². The molecule has 3 N–H and O–H groups in total. The molecule has 0 aliphatic carbocycles. The van der Waals surface area contributed by atoms with Crippen LogP contribution in [0.1, 0.15) is 11.1 Å². The molecule has 2 rings (SSSR count). The second-order valence-electron chi connectivity index (χ2n) is 5.67. The quantitative estimate of drug-likeness (QED) is 0.258. The molecule has 9 heteroatoms. The van der Waals surface area contributed by atoms with Gasteiger partial charge in [0.15, 0.2) is 6.29 Å². The number of halogens is 3. The molecule has 0 aromatic heterocycles. The van der Waals surface area contributed by atoms with Gasteiger partial charge < -0.3 is 20.3 Å². The monoisotopic (exact) mass is 707 g/mol. The van der Waals surface area contributed by atoms with Crippen molar-refractivity contribution in [3.05, 3.63) is 46.1 Å². The molecule has 0 saturated carbocycles. The predicted molar refractivity (Wildman–Crippen MR) is 126 cm³/mol. The van der Waals surface area contributed by atoms with Crippen molar-refractivity contribution < 1.29 is 24.2 Å². The molecule has 0 aliphatic rings. The Bertz CT molecular complexity index is 826. The summed E-state index contributed by atoms with van der Waals surface area (Å²) in [5, 5.41) is 9.88. The second-order valence-corrected chi connectivity index (χ2v) is 9.16. The van der Waals surface area contributed by atoms with E-state index < -0.39 is 12.0 Å². The molecule has 6 nitrogen and oxygen atoms in total. The van der Waals surface area contributed by atoms with Gasteiger partial charge in [-0.05, 0) is 110 Å². The van der Waals surface area contributed by atoms with Gasteiger partial charge in [0.2, 0.25) is 0 Å². The normalized spacial score (nSPS) is 11.7. The first-order valence-electron chi connectivity index (χ1n) is 7.73. The highest BCUT2D eigenvalue weighted by Crippen LogP contribution is 2.36. The van der Waals surface area contributed by atoms with Gasteiger partial charge in [-0.25, -0.2) is 0 Å². The number of aldehydes is 1. The largest absolute Gasteiger partial charge is 0.506 e. The lowest BCUT2D eigenvalue weighted by molar-refractivity contribution is -0.147. The number of aromatic hydroxyl groups is 1. The third-order valence-corrected chi connectivity index (χ3v) is 6.00. The highest BCUT2D eigenvalue weighted by Gasteiger charge is 2.18. The van der Waals surface area contributed by atoms with Crippen LogP contribution in [0.3, 0.4) is 0 Å². The average Bonchev–Trinajstić information content (AvgIpc) is 2.60. The average molecular weight is 707 g/mol. The zero-order chi connectivity index (χ0) is 20.1. The maximum atomic E-state index is 11.7. The number of benzene rings is 2. The minimum absolute atomic E-state index is 0.237. The minimum atomic E-state index is -0.841. The summed E-state index contributed by atoms with van der Waals surface area (Å²) >= 11 is 6.27. The van der Waals surface area contributed by atoms with Crippen molar-refractivity contribution in [2.45, 2.75) is 19.4 Å². The van der Waals surface area contributed by atoms with E-state index in [-0.39, 0.29) is 12.4 Å². The van der Waals surface area contributed by atoms with Gasteiger partial charge in [0.05, 0.1) is 10.7 Å². The highest BCUT2D eigenvalue weighted by molar-refractivity contribution is 14.1. The smallest absolute Gasteiger partial charge is 0.323 e. The summed E-state index contributed by atoms with van der Waals surface area (Å²) in [6.07, 6.45) is 0.805. The lowest BCUT2D eigenvalue weighted by Gasteiger charge is -2.15. The fourth-order valence-corrected chi connectivity index (χ4v) is 4.98. The van der Waals surface area contributed by atoms with E-state index in [0.717, 1.165) is 14.7 Å². The number of hydrogen-bond donors (Lipinski definition) is 2. The summed E-state index contributed by atoms with van der Waals surface area (Å²) in [5.41, 5.74) is 7.61. The number of rotatable bonds is 7. The highest BCUT2D eigenvalue weighted by atomic mass is 127. The van der Waals surface area contributed by atoms with Crippen molar-refractivity contribution in [1.29, 1.82) is 0 Å². The molecular formula is C18H16I3NO5. The molecule has 0 unspecified atom stereocenters. The van der Waals surface area contributed by atoms with Crippen molar-refractivity contribution in [1.82, 2.24) is 0 Å².